The van der Waals surface area contributed by atoms with Gasteiger partial charge in [-0.1, -0.05) is 46.3 Å². The summed E-state index contributed by atoms with van der Waals surface area (Å²) in [6, 6.07) is 0. The molecule has 13 unspecified atom stereocenters. The molecule has 4 fully saturated rings. The van der Waals surface area contributed by atoms with E-state index in [1.165, 1.54) is 18.4 Å². The first-order valence-electron chi connectivity index (χ1n) is 16.7. The number of hydrogen-bond donors (Lipinski definition) is 4. The number of carbonyl (C=O) groups is 1. The summed E-state index contributed by atoms with van der Waals surface area (Å²) in [4.78, 5) is 14.4. The van der Waals surface area contributed by atoms with E-state index in [0.717, 1.165) is 51.4 Å². The summed E-state index contributed by atoms with van der Waals surface area (Å²) in [6.07, 6.45) is 8.56. The van der Waals surface area contributed by atoms with E-state index >= 15 is 0 Å². The minimum absolute atomic E-state index is 0.0893. The predicted molar refractivity (Wildman–Crippen MR) is 160 cm³/mol. The van der Waals surface area contributed by atoms with Gasteiger partial charge in [-0.05, 0) is 124 Å². The molecule has 4 N–H and O–H groups in total. The number of ketones is 1. The Hall–Kier alpha value is -0.790. The van der Waals surface area contributed by atoms with Crippen molar-refractivity contribution in [1.82, 2.24) is 0 Å². The Labute approximate surface area is 248 Å². The van der Waals surface area contributed by atoms with Crippen molar-refractivity contribution in [3.05, 3.63) is 11.6 Å². The van der Waals surface area contributed by atoms with Gasteiger partial charge < -0.3 is 25.2 Å². The summed E-state index contributed by atoms with van der Waals surface area (Å²) in [6.45, 7) is 15.0. The molecular weight excluding hydrogens is 516 g/mol. The van der Waals surface area contributed by atoms with E-state index in [-0.39, 0.29) is 34.1 Å². The quantitative estimate of drug-likeness (QED) is 0.302. The van der Waals surface area contributed by atoms with E-state index in [1.807, 2.05) is 0 Å². The van der Waals surface area contributed by atoms with Crippen LogP contribution >= 0.6 is 0 Å². The first kappa shape index (κ1) is 31.6. The van der Waals surface area contributed by atoms with E-state index in [2.05, 4.69) is 40.7 Å². The van der Waals surface area contributed by atoms with Crippen molar-refractivity contribution < 1.29 is 30.0 Å². The number of hydrogen-bond acceptors (Lipinski definition) is 6. The summed E-state index contributed by atoms with van der Waals surface area (Å²) in [5.74, 6) is 2.03. The van der Waals surface area contributed by atoms with Crippen molar-refractivity contribution in [2.24, 2.45) is 51.2 Å². The third-order valence-corrected chi connectivity index (χ3v) is 13.8. The standard InChI is InChI=1S/C35H58O6/c1-20-24-10-13-34(7)25-11-15-35(31(40)30(39)22(3)41-21(2)28(38)19-36)17-16-32(4,5)18-26(35)23(25)8-9-29(34)33(24,6)14-12-27(20)37/h8,20-22,24-30,36-39H,9-19H2,1-7H3. The van der Waals surface area contributed by atoms with E-state index in [9.17, 15) is 25.2 Å². The molecule has 5 aliphatic carbocycles. The Kier molecular flexibility index (Phi) is 8.47. The molecule has 0 saturated heterocycles. The normalized spacial score (nSPS) is 46.5. The average molecular weight is 575 g/mol. The number of aliphatic hydroxyl groups is 4. The first-order valence-corrected chi connectivity index (χ1v) is 16.7. The number of ether oxygens (including phenoxy) is 1. The van der Waals surface area contributed by atoms with Gasteiger partial charge in [0, 0.05) is 5.41 Å². The Bertz CT molecular complexity index is 1020. The average Bonchev–Trinajstić information content (AvgIpc) is 2.93. The predicted octanol–water partition coefficient (Wildman–Crippen LogP) is 5.45. The van der Waals surface area contributed by atoms with Gasteiger partial charge in [0.1, 0.15) is 12.2 Å². The molecule has 4 saturated carbocycles. The van der Waals surface area contributed by atoms with Gasteiger partial charge in [-0.3, -0.25) is 4.79 Å². The highest BCUT2D eigenvalue weighted by Gasteiger charge is 2.64. The molecular formula is C35H58O6. The van der Waals surface area contributed by atoms with E-state index in [4.69, 9.17) is 4.74 Å². The molecule has 0 aromatic carbocycles. The highest BCUT2D eigenvalue weighted by Crippen LogP contribution is 2.71. The summed E-state index contributed by atoms with van der Waals surface area (Å²) in [5, 5.41) is 41.4. The van der Waals surface area contributed by atoms with Crippen LogP contribution in [0.2, 0.25) is 0 Å². The van der Waals surface area contributed by atoms with Crippen molar-refractivity contribution in [2.45, 2.75) is 143 Å². The molecule has 0 spiro atoms. The van der Waals surface area contributed by atoms with Crippen LogP contribution in [0.3, 0.4) is 0 Å². The molecule has 41 heavy (non-hydrogen) atoms. The van der Waals surface area contributed by atoms with Crippen molar-refractivity contribution in [2.75, 3.05) is 6.61 Å². The van der Waals surface area contributed by atoms with Crippen LogP contribution in [0.15, 0.2) is 11.6 Å². The van der Waals surface area contributed by atoms with Crippen molar-refractivity contribution in [1.29, 1.82) is 0 Å². The van der Waals surface area contributed by atoms with Crippen molar-refractivity contribution in [3.63, 3.8) is 0 Å². The molecule has 6 nitrogen and oxygen atoms in total. The number of aliphatic hydroxyl groups excluding tert-OH is 4. The Balaban J connectivity index is 1.46. The van der Waals surface area contributed by atoms with Gasteiger partial charge in [-0.15, -0.1) is 0 Å². The molecule has 0 amide bonds. The summed E-state index contributed by atoms with van der Waals surface area (Å²) in [5.41, 5.74) is 1.48. The van der Waals surface area contributed by atoms with Crippen LogP contribution in [0, 0.1) is 51.2 Å². The molecule has 0 radical (unpaired) electrons. The van der Waals surface area contributed by atoms with Gasteiger partial charge in [-0.2, -0.15) is 0 Å². The molecule has 5 aliphatic rings. The maximum atomic E-state index is 14.4. The maximum Gasteiger partial charge on any atom is 0.170 e. The van der Waals surface area contributed by atoms with Crippen LogP contribution < -0.4 is 0 Å². The lowest BCUT2D eigenvalue weighted by molar-refractivity contribution is -0.170. The second-order valence-corrected chi connectivity index (χ2v) is 16.4. The third-order valence-electron chi connectivity index (χ3n) is 13.8. The maximum absolute atomic E-state index is 14.4. The summed E-state index contributed by atoms with van der Waals surface area (Å²) >= 11 is 0. The summed E-state index contributed by atoms with van der Waals surface area (Å²) in [7, 11) is 0. The Morgan fingerprint density at radius 3 is 2.32 bits per heavy atom. The third kappa shape index (κ3) is 5.00. The van der Waals surface area contributed by atoms with Crippen LogP contribution in [0.5, 0.6) is 0 Å². The van der Waals surface area contributed by atoms with E-state index < -0.39 is 36.4 Å². The fourth-order valence-electron chi connectivity index (χ4n) is 11.1. The first-order chi connectivity index (χ1) is 19.1. The number of carbonyl (C=O) groups excluding carboxylic acids is 1. The Morgan fingerprint density at radius 2 is 1.63 bits per heavy atom. The molecule has 13 atom stereocenters. The number of fused-ring (bicyclic) bond motifs is 7. The summed E-state index contributed by atoms with van der Waals surface area (Å²) < 4.78 is 5.85. The number of Topliss-reactive ketones (excluding diaryl/α,β-unsaturated/α-hetero) is 1. The van der Waals surface area contributed by atoms with Crippen LogP contribution in [0.4, 0.5) is 0 Å². The van der Waals surface area contributed by atoms with Gasteiger partial charge in [-0.25, -0.2) is 0 Å². The van der Waals surface area contributed by atoms with Crippen LogP contribution in [-0.2, 0) is 9.53 Å². The molecule has 0 aromatic heterocycles. The largest absolute Gasteiger partial charge is 0.394 e. The van der Waals surface area contributed by atoms with Crippen LogP contribution in [0.1, 0.15) is 113 Å². The Morgan fingerprint density at radius 1 is 0.951 bits per heavy atom. The fourth-order valence-corrected chi connectivity index (χ4v) is 11.1. The van der Waals surface area contributed by atoms with Gasteiger partial charge >= 0.3 is 0 Å². The zero-order chi connectivity index (χ0) is 30.1. The minimum Gasteiger partial charge on any atom is -0.394 e. The lowest BCUT2D eigenvalue weighted by Gasteiger charge is -2.66. The molecule has 0 aliphatic heterocycles. The van der Waals surface area contributed by atoms with Gasteiger partial charge in [0.2, 0.25) is 0 Å². The van der Waals surface area contributed by atoms with E-state index in [1.54, 1.807) is 13.8 Å². The molecule has 234 valence electrons. The zero-order valence-electron chi connectivity index (χ0n) is 26.7. The van der Waals surface area contributed by atoms with Crippen LogP contribution in [0.25, 0.3) is 0 Å². The number of rotatable bonds is 7. The second-order valence-electron chi connectivity index (χ2n) is 16.4. The molecule has 0 heterocycles. The SMILES string of the molecule is CC(OC(C)C(O)C(=O)C12CCC3C(=CCC4C3(C)CCC3C(C)C(O)CCC34C)C1CC(C)(C)CC2)C(O)CO. The van der Waals surface area contributed by atoms with E-state index in [0.29, 0.717) is 23.7 Å². The van der Waals surface area contributed by atoms with Gasteiger partial charge in [0.05, 0.1) is 24.9 Å². The lowest BCUT2D eigenvalue weighted by atomic mass is 9.38. The minimum atomic E-state index is -1.26. The molecule has 0 aromatic rings. The highest BCUT2D eigenvalue weighted by atomic mass is 16.5. The van der Waals surface area contributed by atoms with Gasteiger partial charge in [0.15, 0.2) is 5.78 Å². The molecule has 6 heteroatoms. The fraction of sp³-hybridized carbons (Fsp3) is 0.914. The van der Waals surface area contributed by atoms with Gasteiger partial charge in [0.25, 0.3) is 0 Å². The monoisotopic (exact) mass is 574 g/mol. The number of allylic oxidation sites excluding steroid dienone is 2. The molecule has 5 rings (SSSR count). The highest BCUT2D eigenvalue weighted by molar-refractivity contribution is 5.90. The van der Waals surface area contributed by atoms with Crippen molar-refractivity contribution in [3.8, 4) is 0 Å². The van der Waals surface area contributed by atoms with Crippen LogP contribution in [-0.4, -0.2) is 63.3 Å². The lowest BCUT2D eigenvalue weighted by Crippen LogP contribution is -2.61. The molecule has 0 bridgehead atoms. The topological polar surface area (TPSA) is 107 Å². The second kappa shape index (κ2) is 11.0. The van der Waals surface area contributed by atoms with Crippen molar-refractivity contribution >= 4 is 5.78 Å². The zero-order valence-corrected chi connectivity index (χ0v) is 26.7. The smallest absolute Gasteiger partial charge is 0.170 e.